The smallest absolute Gasteiger partial charge is 0.274 e. The lowest BCUT2D eigenvalue weighted by molar-refractivity contribution is 0.0595. The van der Waals surface area contributed by atoms with Gasteiger partial charge in [-0.3, -0.25) is 4.79 Å². The number of hydrogen-bond donors (Lipinski definition) is 1. The molecule has 1 amide bonds. The van der Waals surface area contributed by atoms with Crippen LogP contribution in [0.5, 0.6) is 0 Å². The molecule has 0 saturated heterocycles. The van der Waals surface area contributed by atoms with Crippen molar-refractivity contribution >= 4 is 17.5 Å². The first-order valence-electron chi connectivity index (χ1n) is 7.59. The summed E-state index contributed by atoms with van der Waals surface area (Å²) in [4.78, 5) is 22.0. The number of ether oxygens (including phenoxy) is 1. The molecule has 124 valence electrons. The molecule has 2 rings (SSSR count). The molecule has 0 spiro atoms. The highest BCUT2D eigenvalue weighted by Crippen LogP contribution is 2.21. The van der Waals surface area contributed by atoms with E-state index in [-0.39, 0.29) is 12.0 Å². The number of amides is 1. The molecular formula is C17H22ClN3O2. The maximum atomic E-state index is 12.6. The van der Waals surface area contributed by atoms with Crippen molar-refractivity contribution in [1.29, 1.82) is 0 Å². The molecule has 0 aliphatic rings. The predicted molar refractivity (Wildman–Crippen MR) is 91.8 cm³/mol. The summed E-state index contributed by atoms with van der Waals surface area (Å²) in [5.74, 6) is 0.567. The molecule has 6 heteroatoms. The lowest BCUT2D eigenvalue weighted by atomic mass is 10.2. The molecule has 0 aliphatic carbocycles. The Bertz CT molecular complexity index is 667. The summed E-state index contributed by atoms with van der Waals surface area (Å²) >= 11 is 5.91. The van der Waals surface area contributed by atoms with Gasteiger partial charge >= 0.3 is 0 Å². The van der Waals surface area contributed by atoms with Crippen LogP contribution in [-0.2, 0) is 11.2 Å². The van der Waals surface area contributed by atoms with E-state index in [2.05, 4.69) is 9.97 Å². The van der Waals surface area contributed by atoms with Crippen LogP contribution in [0.25, 0.3) is 11.4 Å². The zero-order valence-electron chi connectivity index (χ0n) is 13.9. The SMILES string of the molecule is CCc1[nH]c(-c2ccc(Cl)cc2)nc1C(=O)N(C)CC(C)OC. The van der Waals surface area contributed by atoms with Gasteiger partial charge in [0.05, 0.1) is 6.10 Å². The van der Waals surface area contributed by atoms with Gasteiger partial charge in [-0.1, -0.05) is 18.5 Å². The molecule has 0 saturated carbocycles. The summed E-state index contributed by atoms with van der Waals surface area (Å²) in [5, 5.41) is 0.667. The van der Waals surface area contributed by atoms with Crippen molar-refractivity contribution < 1.29 is 9.53 Å². The highest BCUT2D eigenvalue weighted by atomic mass is 35.5. The van der Waals surface area contributed by atoms with Crippen LogP contribution >= 0.6 is 11.6 Å². The Hall–Kier alpha value is -1.85. The third kappa shape index (κ3) is 4.12. The molecule has 1 aromatic heterocycles. The van der Waals surface area contributed by atoms with Crippen molar-refractivity contribution in [3.8, 4) is 11.4 Å². The van der Waals surface area contributed by atoms with Crippen molar-refractivity contribution in [2.45, 2.75) is 26.4 Å². The highest BCUT2D eigenvalue weighted by Gasteiger charge is 2.21. The summed E-state index contributed by atoms with van der Waals surface area (Å²) < 4.78 is 5.21. The molecule has 0 radical (unpaired) electrons. The number of halogens is 1. The fourth-order valence-corrected chi connectivity index (χ4v) is 2.44. The average Bonchev–Trinajstić information content (AvgIpc) is 2.98. The van der Waals surface area contributed by atoms with Gasteiger partial charge < -0.3 is 14.6 Å². The van der Waals surface area contributed by atoms with Crippen LogP contribution in [0.2, 0.25) is 5.02 Å². The second-order valence-electron chi connectivity index (χ2n) is 5.51. The minimum atomic E-state index is -0.109. The van der Waals surface area contributed by atoms with E-state index in [1.54, 1.807) is 31.2 Å². The number of hydrogen-bond acceptors (Lipinski definition) is 3. The molecule has 1 N–H and O–H groups in total. The summed E-state index contributed by atoms with van der Waals surface area (Å²) in [6.45, 7) is 4.43. The van der Waals surface area contributed by atoms with Gasteiger partial charge in [-0.2, -0.15) is 0 Å². The third-order valence-corrected chi connectivity index (χ3v) is 3.98. The number of methoxy groups -OCH3 is 1. The second-order valence-corrected chi connectivity index (χ2v) is 5.94. The summed E-state index contributed by atoms with van der Waals surface area (Å²) in [5.41, 5.74) is 2.19. The predicted octanol–water partition coefficient (Wildman–Crippen LogP) is 3.40. The Morgan fingerprint density at radius 3 is 2.61 bits per heavy atom. The number of likely N-dealkylation sites (N-methyl/N-ethyl adjacent to an activating group) is 1. The van der Waals surface area contributed by atoms with Crippen molar-refractivity contribution in [3.05, 3.63) is 40.7 Å². The molecular weight excluding hydrogens is 314 g/mol. The van der Waals surface area contributed by atoms with E-state index in [0.29, 0.717) is 29.5 Å². The van der Waals surface area contributed by atoms with E-state index < -0.39 is 0 Å². The number of aromatic amines is 1. The van der Waals surface area contributed by atoms with Crippen LogP contribution < -0.4 is 0 Å². The standard InChI is InChI=1S/C17H22ClN3O2/c1-5-14-15(17(22)21(3)10-11(2)23-4)20-16(19-14)12-6-8-13(18)9-7-12/h6-9,11H,5,10H2,1-4H3,(H,19,20). The Morgan fingerprint density at radius 2 is 2.04 bits per heavy atom. The average molecular weight is 336 g/mol. The number of nitrogens with one attached hydrogen (secondary N) is 1. The van der Waals surface area contributed by atoms with Crippen molar-refractivity contribution in [3.63, 3.8) is 0 Å². The zero-order chi connectivity index (χ0) is 17.0. The number of H-pyrrole nitrogens is 1. The van der Waals surface area contributed by atoms with E-state index in [1.807, 2.05) is 26.0 Å². The van der Waals surface area contributed by atoms with Crippen molar-refractivity contribution in [2.75, 3.05) is 20.7 Å². The zero-order valence-corrected chi connectivity index (χ0v) is 14.6. The molecule has 2 aromatic rings. The Morgan fingerprint density at radius 1 is 1.39 bits per heavy atom. The molecule has 23 heavy (non-hydrogen) atoms. The maximum absolute atomic E-state index is 12.6. The normalized spacial score (nSPS) is 12.2. The number of rotatable bonds is 6. The lowest BCUT2D eigenvalue weighted by Crippen LogP contribution is -2.34. The van der Waals surface area contributed by atoms with Gasteiger partial charge in [0.1, 0.15) is 11.5 Å². The van der Waals surface area contributed by atoms with Crippen LogP contribution in [0.4, 0.5) is 0 Å². The lowest BCUT2D eigenvalue weighted by Gasteiger charge is -2.20. The molecule has 0 bridgehead atoms. The van der Waals surface area contributed by atoms with Crippen molar-refractivity contribution in [2.24, 2.45) is 0 Å². The van der Waals surface area contributed by atoms with Gasteiger partial charge in [0.2, 0.25) is 0 Å². The van der Waals surface area contributed by atoms with Crippen LogP contribution in [0.1, 0.15) is 30.0 Å². The summed E-state index contributed by atoms with van der Waals surface area (Å²) in [6, 6.07) is 7.37. The van der Waals surface area contributed by atoms with Gasteiger partial charge in [-0.15, -0.1) is 0 Å². The molecule has 1 unspecified atom stereocenters. The molecule has 1 aromatic carbocycles. The fourth-order valence-electron chi connectivity index (χ4n) is 2.31. The van der Waals surface area contributed by atoms with E-state index in [4.69, 9.17) is 16.3 Å². The van der Waals surface area contributed by atoms with Gasteiger partial charge in [-0.05, 0) is 37.6 Å². The monoisotopic (exact) mass is 335 g/mol. The van der Waals surface area contributed by atoms with E-state index >= 15 is 0 Å². The van der Waals surface area contributed by atoms with E-state index in [0.717, 1.165) is 11.3 Å². The Kier molecular flexibility index (Phi) is 5.80. The first kappa shape index (κ1) is 17.5. The second kappa shape index (κ2) is 7.62. The van der Waals surface area contributed by atoms with Crippen molar-refractivity contribution in [1.82, 2.24) is 14.9 Å². The Labute approximate surface area is 141 Å². The van der Waals surface area contributed by atoms with Crippen LogP contribution in [0.15, 0.2) is 24.3 Å². The number of nitrogens with zero attached hydrogens (tertiary/aromatic N) is 2. The molecule has 1 heterocycles. The van der Waals surface area contributed by atoms with Gasteiger partial charge in [0.15, 0.2) is 0 Å². The number of aryl methyl sites for hydroxylation is 1. The number of aromatic nitrogens is 2. The quantitative estimate of drug-likeness (QED) is 0.880. The van der Waals surface area contributed by atoms with Gasteiger partial charge in [0.25, 0.3) is 5.91 Å². The van der Waals surface area contributed by atoms with Crippen LogP contribution in [-0.4, -0.2) is 47.6 Å². The largest absolute Gasteiger partial charge is 0.380 e. The summed E-state index contributed by atoms with van der Waals surface area (Å²) in [6.07, 6.45) is 0.679. The maximum Gasteiger partial charge on any atom is 0.274 e. The summed E-state index contributed by atoms with van der Waals surface area (Å²) in [7, 11) is 3.39. The van der Waals surface area contributed by atoms with Crippen LogP contribution in [0, 0.1) is 0 Å². The van der Waals surface area contributed by atoms with E-state index in [1.165, 1.54) is 0 Å². The van der Waals surface area contributed by atoms with E-state index in [9.17, 15) is 4.79 Å². The number of imidazole rings is 1. The van der Waals surface area contributed by atoms with Gasteiger partial charge in [0, 0.05) is 37.0 Å². The fraction of sp³-hybridized carbons (Fsp3) is 0.412. The number of carbonyl (C=O) groups is 1. The van der Waals surface area contributed by atoms with Crippen LogP contribution in [0.3, 0.4) is 0 Å². The Balaban J connectivity index is 2.28. The molecule has 5 nitrogen and oxygen atoms in total. The molecule has 0 aliphatic heterocycles. The minimum absolute atomic E-state index is 0.0243. The highest BCUT2D eigenvalue weighted by molar-refractivity contribution is 6.30. The number of benzene rings is 1. The topological polar surface area (TPSA) is 58.2 Å². The molecule has 0 fully saturated rings. The minimum Gasteiger partial charge on any atom is -0.380 e. The first-order valence-corrected chi connectivity index (χ1v) is 7.97. The van der Waals surface area contributed by atoms with Gasteiger partial charge in [-0.25, -0.2) is 4.98 Å². The molecule has 1 atom stereocenters. The number of carbonyl (C=O) groups excluding carboxylic acids is 1. The third-order valence-electron chi connectivity index (χ3n) is 3.73. The first-order chi connectivity index (χ1) is 11.0.